The summed E-state index contributed by atoms with van der Waals surface area (Å²) in [5, 5.41) is 3.15. The van der Waals surface area contributed by atoms with Crippen LogP contribution in [-0.2, 0) is 26.0 Å². The summed E-state index contributed by atoms with van der Waals surface area (Å²) < 4.78 is 32.5. The molecule has 3 rings (SSSR count). The molecule has 0 aliphatic carbocycles. The van der Waals surface area contributed by atoms with Gasteiger partial charge in [-0.1, -0.05) is 25.5 Å². The third kappa shape index (κ3) is 4.25. The van der Waals surface area contributed by atoms with Crippen LogP contribution in [0.3, 0.4) is 0 Å². The summed E-state index contributed by atoms with van der Waals surface area (Å²) in [5.74, 6) is -0.00864. The Balaban J connectivity index is 1.60. The van der Waals surface area contributed by atoms with E-state index >= 15 is 0 Å². The van der Waals surface area contributed by atoms with Crippen molar-refractivity contribution in [3.8, 4) is 0 Å². The zero-order valence-electron chi connectivity index (χ0n) is 15.2. The molecule has 2 aliphatic rings. The molecule has 2 fully saturated rings. The molecular formula is C18H27N3O4S. The number of hydrogen-bond donors (Lipinski definition) is 1. The first-order chi connectivity index (χ1) is 12.5. The summed E-state index contributed by atoms with van der Waals surface area (Å²) in [6.45, 7) is 5.21. The van der Waals surface area contributed by atoms with Crippen LogP contribution in [0.4, 0.5) is 0 Å². The lowest BCUT2D eigenvalue weighted by Crippen LogP contribution is -2.57. The highest BCUT2D eigenvalue weighted by atomic mass is 32.2. The van der Waals surface area contributed by atoms with Gasteiger partial charge in [0.05, 0.1) is 18.1 Å². The topological polar surface area (TPSA) is 79.0 Å². The van der Waals surface area contributed by atoms with Crippen molar-refractivity contribution in [3.05, 3.63) is 29.8 Å². The number of hydrogen-bond acceptors (Lipinski definition) is 5. The Morgan fingerprint density at radius 1 is 1.19 bits per heavy atom. The van der Waals surface area contributed by atoms with Crippen molar-refractivity contribution in [2.75, 3.05) is 45.9 Å². The van der Waals surface area contributed by atoms with Gasteiger partial charge in [0.2, 0.25) is 15.9 Å². The Labute approximate surface area is 155 Å². The van der Waals surface area contributed by atoms with Crippen molar-refractivity contribution in [2.45, 2.75) is 30.7 Å². The summed E-state index contributed by atoms with van der Waals surface area (Å²) in [6, 6.07) is 6.80. The normalized spacial score (nSPS) is 22.3. The van der Waals surface area contributed by atoms with Gasteiger partial charge in [-0.2, -0.15) is 4.31 Å². The van der Waals surface area contributed by atoms with Crippen molar-refractivity contribution in [3.63, 3.8) is 0 Å². The summed E-state index contributed by atoms with van der Waals surface area (Å²) >= 11 is 0. The van der Waals surface area contributed by atoms with Crippen LogP contribution in [0.2, 0.25) is 0 Å². The second-order valence-corrected chi connectivity index (χ2v) is 8.64. The Morgan fingerprint density at radius 2 is 1.88 bits per heavy atom. The van der Waals surface area contributed by atoms with E-state index in [4.69, 9.17) is 4.74 Å². The fraction of sp³-hybridized carbons (Fsp3) is 0.611. The van der Waals surface area contributed by atoms with Crippen molar-refractivity contribution in [1.82, 2.24) is 14.5 Å². The van der Waals surface area contributed by atoms with Crippen LogP contribution in [-0.4, -0.2) is 75.5 Å². The maximum Gasteiger partial charge on any atom is 0.243 e. The Morgan fingerprint density at radius 3 is 2.46 bits per heavy atom. The minimum absolute atomic E-state index is 0.00864. The van der Waals surface area contributed by atoms with Gasteiger partial charge in [0.15, 0.2) is 0 Å². The fourth-order valence-electron chi connectivity index (χ4n) is 3.36. The molecular weight excluding hydrogens is 354 g/mol. The molecule has 2 heterocycles. The average Bonchev–Trinajstić information content (AvgIpc) is 2.69. The average molecular weight is 381 g/mol. The second kappa shape index (κ2) is 8.47. The van der Waals surface area contributed by atoms with Crippen molar-refractivity contribution >= 4 is 15.9 Å². The molecule has 1 amide bonds. The molecule has 1 atom stereocenters. The summed E-state index contributed by atoms with van der Waals surface area (Å²) in [4.78, 5) is 14.5. The highest BCUT2D eigenvalue weighted by Gasteiger charge is 2.33. The number of carbonyl (C=O) groups excluding carboxylic acids is 1. The first kappa shape index (κ1) is 19.3. The largest absolute Gasteiger partial charge is 0.378 e. The van der Waals surface area contributed by atoms with E-state index in [2.05, 4.69) is 12.2 Å². The van der Waals surface area contributed by atoms with Gasteiger partial charge < -0.3 is 15.0 Å². The van der Waals surface area contributed by atoms with E-state index in [9.17, 15) is 13.2 Å². The van der Waals surface area contributed by atoms with E-state index in [1.807, 2.05) is 12.1 Å². The number of ether oxygens (including phenoxy) is 1. The molecule has 8 heteroatoms. The number of piperazine rings is 1. The molecule has 144 valence electrons. The number of sulfonamides is 1. The van der Waals surface area contributed by atoms with Gasteiger partial charge in [0.25, 0.3) is 0 Å². The van der Waals surface area contributed by atoms with Crippen LogP contribution in [0.5, 0.6) is 0 Å². The Bertz CT molecular complexity index is 706. The third-order valence-corrected chi connectivity index (χ3v) is 6.78. The third-order valence-electron chi connectivity index (χ3n) is 4.87. The molecule has 0 radical (unpaired) electrons. The van der Waals surface area contributed by atoms with E-state index in [0.29, 0.717) is 50.8 Å². The minimum Gasteiger partial charge on any atom is -0.378 e. The number of carbonyl (C=O) groups is 1. The molecule has 26 heavy (non-hydrogen) atoms. The molecule has 2 aliphatic heterocycles. The number of benzene rings is 1. The van der Waals surface area contributed by atoms with Gasteiger partial charge in [-0.15, -0.1) is 0 Å². The quantitative estimate of drug-likeness (QED) is 0.802. The second-order valence-electron chi connectivity index (χ2n) is 6.70. The maximum atomic E-state index is 12.8. The van der Waals surface area contributed by atoms with Crippen molar-refractivity contribution < 1.29 is 17.9 Å². The van der Waals surface area contributed by atoms with Crippen molar-refractivity contribution in [1.29, 1.82) is 0 Å². The summed E-state index contributed by atoms with van der Waals surface area (Å²) in [6.07, 6.45) is 1.98. The molecule has 0 aromatic heterocycles. The molecule has 1 aromatic carbocycles. The van der Waals surface area contributed by atoms with Gasteiger partial charge >= 0.3 is 0 Å². The summed E-state index contributed by atoms with van der Waals surface area (Å²) in [7, 11) is -3.51. The lowest BCUT2D eigenvalue weighted by molar-refractivity contribution is -0.137. The lowest BCUT2D eigenvalue weighted by atomic mass is 10.1. The van der Waals surface area contributed by atoms with Crippen LogP contribution in [0.15, 0.2) is 29.2 Å². The molecule has 1 aromatic rings. The van der Waals surface area contributed by atoms with Gasteiger partial charge in [0, 0.05) is 32.7 Å². The molecule has 7 nitrogen and oxygen atoms in total. The zero-order valence-corrected chi connectivity index (χ0v) is 16.0. The Kier molecular flexibility index (Phi) is 6.29. The molecule has 2 saturated heterocycles. The highest BCUT2D eigenvalue weighted by molar-refractivity contribution is 7.89. The number of morpholine rings is 1. The van der Waals surface area contributed by atoms with Crippen molar-refractivity contribution in [2.24, 2.45) is 0 Å². The maximum absolute atomic E-state index is 12.8. The van der Waals surface area contributed by atoms with Crippen LogP contribution in [0.1, 0.15) is 18.9 Å². The molecule has 0 saturated carbocycles. The monoisotopic (exact) mass is 381 g/mol. The molecule has 1 N–H and O–H groups in total. The van der Waals surface area contributed by atoms with E-state index in [1.165, 1.54) is 4.31 Å². The van der Waals surface area contributed by atoms with Crippen LogP contribution < -0.4 is 5.32 Å². The van der Waals surface area contributed by atoms with E-state index in [1.54, 1.807) is 17.0 Å². The fourth-order valence-corrected chi connectivity index (χ4v) is 4.78. The first-order valence-corrected chi connectivity index (χ1v) is 10.7. The SMILES string of the molecule is CCCc1ccc(S(=O)(=O)N2CCN(C(=O)C3COCCN3)CC2)cc1. The van der Waals surface area contributed by atoms with Gasteiger partial charge in [-0.05, 0) is 24.1 Å². The number of nitrogens with one attached hydrogen (secondary N) is 1. The zero-order chi connectivity index (χ0) is 18.6. The predicted octanol–water partition coefficient (Wildman–Crippen LogP) is 0.460. The molecule has 0 bridgehead atoms. The number of rotatable bonds is 5. The van der Waals surface area contributed by atoms with Crippen LogP contribution >= 0.6 is 0 Å². The van der Waals surface area contributed by atoms with Crippen LogP contribution in [0.25, 0.3) is 0 Å². The molecule has 0 spiro atoms. The highest BCUT2D eigenvalue weighted by Crippen LogP contribution is 2.19. The van der Waals surface area contributed by atoms with Gasteiger partial charge in [-0.25, -0.2) is 8.42 Å². The number of aryl methyl sites for hydroxylation is 1. The predicted molar refractivity (Wildman–Crippen MR) is 98.4 cm³/mol. The lowest BCUT2D eigenvalue weighted by Gasteiger charge is -2.36. The smallest absolute Gasteiger partial charge is 0.243 e. The first-order valence-electron chi connectivity index (χ1n) is 9.21. The summed E-state index contributed by atoms with van der Waals surface area (Å²) in [5.41, 5.74) is 1.14. The van der Waals surface area contributed by atoms with Crippen LogP contribution in [0, 0.1) is 0 Å². The number of amides is 1. The molecule has 1 unspecified atom stereocenters. The van der Waals surface area contributed by atoms with E-state index in [0.717, 1.165) is 18.4 Å². The minimum atomic E-state index is -3.51. The Hall–Kier alpha value is -1.48. The number of nitrogens with zero attached hydrogens (tertiary/aromatic N) is 2. The van der Waals surface area contributed by atoms with E-state index in [-0.39, 0.29) is 11.9 Å². The van der Waals surface area contributed by atoms with E-state index < -0.39 is 10.0 Å². The standard InChI is InChI=1S/C18H27N3O4S/c1-2-3-15-4-6-16(7-5-15)26(23,24)21-11-9-20(10-12-21)18(22)17-14-25-13-8-19-17/h4-7,17,19H,2-3,8-14H2,1H3. The van der Waals surface area contributed by atoms with Gasteiger partial charge in [-0.3, -0.25) is 4.79 Å². The van der Waals surface area contributed by atoms with Gasteiger partial charge in [0.1, 0.15) is 6.04 Å².